The second-order valence-electron chi connectivity index (χ2n) is 1.47. The van der Waals surface area contributed by atoms with Gasteiger partial charge in [-0.2, -0.15) is 0 Å². The van der Waals surface area contributed by atoms with Gasteiger partial charge in [0.05, 0.1) is 6.20 Å². The first-order chi connectivity index (χ1) is 4.20. The van der Waals surface area contributed by atoms with Crippen molar-refractivity contribution in [3.63, 3.8) is 0 Å². The van der Waals surface area contributed by atoms with E-state index in [0.717, 1.165) is 4.09 Å². The SMILES string of the molecule is NC(=O)c1cn(Cl)cn1. The number of carbonyl (C=O) groups excluding carboxylic acids is 1. The van der Waals surface area contributed by atoms with Crippen LogP contribution in [0.15, 0.2) is 12.5 Å². The van der Waals surface area contributed by atoms with Crippen molar-refractivity contribution < 1.29 is 4.79 Å². The number of halogens is 1. The zero-order valence-electron chi connectivity index (χ0n) is 4.41. The molecule has 0 atom stereocenters. The van der Waals surface area contributed by atoms with Crippen LogP contribution in [0.4, 0.5) is 0 Å². The smallest absolute Gasteiger partial charge is 0.268 e. The lowest BCUT2D eigenvalue weighted by Gasteiger charge is -1.80. The van der Waals surface area contributed by atoms with Crippen LogP contribution < -0.4 is 5.73 Å². The second kappa shape index (κ2) is 2.06. The molecule has 0 unspecified atom stereocenters. The summed E-state index contributed by atoms with van der Waals surface area (Å²) in [5, 5.41) is 0. The topological polar surface area (TPSA) is 60.9 Å². The lowest BCUT2D eigenvalue weighted by molar-refractivity contribution is 0.0996. The molecule has 4 nitrogen and oxygen atoms in total. The van der Waals surface area contributed by atoms with Crippen LogP contribution in [-0.2, 0) is 0 Å². The van der Waals surface area contributed by atoms with E-state index in [-0.39, 0.29) is 5.69 Å². The predicted molar refractivity (Wildman–Crippen MR) is 32.0 cm³/mol. The molecule has 2 N–H and O–H groups in total. The molecule has 0 saturated carbocycles. The highest BCUT2D eigenvalue weighted by Crippen LogP contribution is 1.94. The van der Waals surface area contributed by atoms with Crippen molar-refractivity contribution in [1.82, 2.24) is 9.07 Å². The molecule has 0 saturated heterocycles. The molecule has 0 bridgehead atoms. The first-order valence-corrected chi connectivity index (χ1v) is 2.54. The molecule has 9 heavy (non-hydrogen) atoms. The first kappa shape index (κ1) is 6.10. The third kappa shape index (κ3) is 1.20. The Balaban J connectivity index is 2.98. The van der Waals surface area contributed by atoms with E-state index in [9.17, 15) is 4.79 Å². The van der Waals surface area contributed by atoms with Gasteiger partial charge >= 0.3 is 0 Å². The average molecular weight is 146 g/mol. The number of nitrogens with two attached hydrogens (primary N) is 1. The molecule has 0 aliphatic heterocycles. The fourth-order valence-corrected chi connectivity index (χ4v) is 0.564. The number of hydrogen-bond acceptors (Lipinski definition) is 2. The zero-order chi connectivity index (χ0) is 6.85. The maximum absolute atomic E-state index is 10.3. The van der Waals surface area contributed by atoms with E-state index in [0.29, 0.717) is 0 Å². The van der Waals surface area contributed by atoms with Crippen LogP contribution in [0.3, 0.4) is 0 Å². The zero-order valence-corrected chi connectivity index (χ0v) is 5.17. The predicted octanol–water partition coefficient (Wildman–Crippen LogP) is -0.0161. The maximum Gasteiger partial charge on any atom is 0.268 e. The Morgan fingerprint density at radius 3 is 2.78 bits per heavy atom. The summed E-state index contributed by atoms with van der Waals surface area (Å²) < 4.78 is 1.14. The maximum atomic E-state index is 10.3. The molecule has 1 aromatic heterocycles. The molecule has 1 heterocycles. The van der Waals surface area contributed by atoms with Gasteiger partial charge < -0.3 is 5.73 Å². The van der Waals surface area contributed by atoms with E-state index >= 15 is 0 Å². The van der Waals surface area contributed by atoms with E-state index in [2.05, 4.69) is 4.98 Å². The van der Waals surface area contributed by atoms with E-state index in [1.165, 1.54) is 12.5 Å². The van der Waals surface area contributed by atoms with Crippen LogP contribution in [0.2, 0.25) is 0 Å². The van der Waals surface area contributed by atoms with Gasteiger partial charge in [-0.05, 0) is 0 Å². The van der Waals surface area contributed by atoms with Crippen molar-refractivity contribution in [2.75, 3.05) is 0 Å². The monoisotopic (exact) mass is 145 g/mol. The standard InChI is InChI=1S/C4H4ClN3O/c5-8-1-3(4(6)9)7-2-8/h1-2H,(H2,6,9). The van der Waals surface area contributed by atoms with Crippen LogP contribution in [0.1, 0.15) is 10.5 Å². The Labute approximate surface area is 56.4 Å². The number of rotatable bonds is 1. The summed E-state index contributed by atoms with van der Waals surface area (Å²) in [6, 6.07) is 0. The van der Waals surface area contributed by atoms with Gasteiger partial charge in [-0.3, -0.25) is 4.79 Å². The van der Waals surface area contributed by atoms with E-state index < -0.39 is 5.91 Å². The molecule has 1 amide bonds. The number of primary amides is 1. The largest absolute Gasteiger partial charge is 0.364 e. The fraction of sp³-hybridized carbons (Fsp3) is 0. The van der Waals surface area contributed by atoms with E-state index in [1.54, 1.807) is 0 Å². The summed E-state index contributed by atoms with van der Waals surface area (Å²) in [6.07, 6.45) is 2.63. The van der Waals surface area contributed by atoms with Gasteiger partial charge in [0, 0.05) is 11.8 Å². The minimum Gasteiger partial charge on any atom is -0.364 e. The van der Waals surface area contributed by atoms with Gasteiger partial charge in [-0.1, -0.05) is 0 Å². The minimum atomic E-state index is -0.575. The van der Waals surface area contributed by atoms with Crippen LogP contribution in [-0.4, -0.2) is 15.0 Å². The van der Waals surface area contributed by atoms with Gasteiger partial charge in [0.1, 0.15) is 12.0 Å². The third-order valence-electron chi connectivity index (χ3n) is 0.805. The number of imidazole rings is 1. The van der Waals surface area contributed by atoms with Crippen molar-refractivity contribution in [1.29, 1.82) is 0 Å². The average Bonchev–Trinajstić information content (AvgIpc) is 2.14. The number of hydrogen-bond donors (Lipinski definition) is 1. The Morgan fingerprint density at radius 2 is 2.56 bits per heavy atom. The molecular formula is C4H4ClN3O. The Kier molecular flexibility index (Phi) is 1.40. The lowest BCUT2D eigenvalue weighted by atomic mass is 10.5. The number of aromatic nitrogens is 2. The highest BCUT2D eigenvalue weighted by molar-refractivity contribution is 6.15. The van der Waals surface area contributed by atoms with Crippen LogP contribution >= 0.6 is 11.8 Å². The van der Waals surface area contributed by atoms with Gasteiger partial charge in [-0.25, -0.2) is 9.07 Å². The molecule has 0 fully saturated rings. The van der Waals surface area contributed by atoms with Crippen molar-refractivity contribution in [2.45, 2.75) is 0 Å². The van der Waals surface area contributed by atoms with Crippen molar-refractivity contribution in [3.8, 4) is 0 Å². The van der Waals surface area contributed by atoms with Crippen LogP contribution in [0, 0.1) is 0 Å². The minimum absolute atomic E-state index is 0.171. The van der Waals surface area contributed by atoms with Gasteiger partial charge in [-0.15, -0.1) is 0 Å². The second-order valence-corrected chi connectivity index (χ2v) is 1.86. The van der Waals surface area contributed by atoms with E-state index in [1.807, 2.05) is 0 Å². The highest BCUT2D eigenvalue weighted by atomic mass is 35.5. The fourth-order valence-electron chi connectivity index (χ4n) is 0.428. The molecule has 48 valence electrons. The van der Waals surface area contributed by atoms with Gasteiger partial charge in [0.15, 0.2) is 0 Å². The highest BCUT2D eigenvalue weighted by Gasteiger charge is 2.01. The first-order valence-electron chi connectivity index (χ1n) is 2.20. The van der Waals surface area contributed by atoms with Gasteiger partial charge in [0.2, 0.25) is 0 Å². The number of carbonyl (C=O) groups is 1. The number of nitrogens with zero attached hydrogens (tertiary/aromatic N) is 2. The summed E-state index contributed by atoms with van der Waals surface area (Å²) in [6.45, 7) is 0. The normalized spacial score (nSPS) is 9.44. The molecule has 0 aliphatic carbocycles. The molecule has 0 radical (unpaired) electrons. The quantitative estimate of drug-likeness (QED) is 0.604. The van der Waals surface area contributed by atoms with Crippen LogP contribution in [0.5, 0.6) is 0 Å². The third-order valence-corrected chi connectivity index (χ3v) is 0.990. The van der Waals surface area contributed by atoms with Crippen molar-refractivity contribution in [3.05, 3.63) is 18.2 Å². The molecule has 0 spiro atoms. The molecule has 0 aliphatic rings. The summed E-state index contributed by atoms with van der Waals surface area (Å²) in [5.74, 6) is -0.575. The molecule has 0 aromatic carbocycles. The molecular weight excluding hydrogens is 142 g/mol. The van der Waals surface area contributed by atoms with E-state index in [4.69, 9.17) is 17.5 Å². The summed E-state index contributed by atoms with van der Waals surface area (Å²) in [5.41, 5.74) is 5.02. The summed E-state index contributed by atoms with van der Waals surface area (Å²) >= 11 is 5.35. The Morgan fingerprint density at radius 1 is 1.89 bits per heavy atom. The Hall–Kier alpha value is -1.03. The summed E-state index contributed by atoms with van der Waals surface area (Å²) in [7, 11) is 0. The van der Waals surface area contributed by atoms with Crippen molar-refractivity contribution in [2.24, 2.45) is 5.73 Å². The van der Waals surface area contributed by atoms with Crippen LogP contribution in [0.25, 0.3) is 0 Å². The Bertz CT molecular complexity index is 231. The molecule has 1 rings (SSSR count). The molecule has 5 heteroatoms. The number of amides is 1. The summed E-state index contributed by atoms with van der Waals surface area (Å²) in [4.78, 5) is 13.9. The van der Waals surface area contributed by atoms with Crippen molar-refractivity contribution >= 4 is 17.7 Å². The molecule has 1 aromatic rings. The lowest BCUT2D eigenvalue weighted by Crippen LogP contribution is -2.10. The van der Waals surface area contributed by atoms with Gasteiger partial charge in [0.25, 0.3) is 5.91 Å².